The summed E-state index contributed by atoms with van der Waals surface area (Å²) in [7, 11) is 0. The van der Waals surface area contributed by atoms with Gasteiger partial charge in [-0.2, -0.15) is 0 Å². The minimum Gasteiger partial charge on any atom is -0.376 e. The lowest BCUT2D eigenvalue weighted by Crippen LogP contribution is -2.43. The van der Waals surface area contributed by atoms with Crippen LogP contribution in [0.4, 0.5) is 0 Å². The molecule has 1 fully saturated rings. The predicted molar refractivity (Wildman–Crippen MR) is 56.6 cm³/mol. The highest BCUT2D eigenvalue weighted by atomic mass is 79.9. The standard InChI is InChI=1S/C9H16BrNO3/c1-7(10)2-3-11-9(12)8-6-13-4-5-14-8/h7-8H,2-6H2,1H3,(H,11,12). The Hall–Kier alpha value is -0.130. The van der Waals surface area contributed by atoms with Crippen LogP contribution >= 0.6 is 15.9 Å². The molecule has 4 nitrogen and oxygen atoms in total. The molecule has 0 spiro atoms. The van der Waals surface area contributed by atoms with Gasteiger partial charge in [-0.25, -0.2) is 0 Å². The van der Waals surface area contributed by atoms with Gasteiger partial charge in [0.15, 0.2) is 6.10 Å². The number of alkyl halides is 1. The van der Waals surface area contributed by atoms with Gasteiger partial charge in [0.2, 0.25) is 0 Å². The molecule has 5 heteroatoms. The molecule has 1 heterocycles. The molecule has 1 saturated heterocycles. The smallest absolute Gasteiger partial charge is 0.251 e. The quantitative estimate of drug-likeness (QED) is 0.762. The van der Waals surface area contributed by atoms with Gasteiger partial charge in [-0.1, -0.05) is 22.9 Å². The third kappa shape index (κ3) is 4.39. The highest BCUT2D eigenvalue weighted by Gasteiger charge is 2.21. The van der Waals surface area contributed by atoms with Crippen LogP contribution in [0.2, 0.25) is 0 Å². The number of nitrogens with one attached hydrogen (secondary N) is 1. The first kappa shape index (κ1) is 11.9. The lowest BCUT2D eigenvalue weighted by atomic mass is 10.3. The van der Waals surface area contributed by atoms with Crippen molar-refractivity contribution in [2.45, 2.75) is 24.3 Å². The van der Waals surface area contributed by atoms with E-state index in [-0.39, 0.29) is 5.91 Å². The van der Waals surface area contributed by atoms with Crippen LogP contribution in [0.3, 0.4) is 0 Å². The Bertz CT molecular complexity index is 181. The van der Waals surface area contributed by atoms with Gasteiger partial charge in [-0.05, 0) is 6.42 Å². The van der Waals surface area contributed by atoms with Crippen molar-refractivity contribution in [3.63, 3.8) is 0 Å². The Labute approximate surface area is 92.5 Å². The van der Waals surface area contributed by atoms with Crippen molar-refractivity contribution in [2.75, 3.05) is 26.4 Å². The second-order valence-corrected chi connectivity index (χ2v) is 4.86. The molecule has 0 aromatic carbocycles. The lowest BCUT2D eigenvalue weighted by Gasteiger charge is -2.22. The molecule has 0 aliphatic carbocycles. The van der Waals surface area contributed by atoms with Crippen molar-refractivity contribution < 1.29 is 14.3 Å². The van der Waals surface area contributed by atoms with E-state index >= 15 is 0 Å². The van der Waals surface area contributed by atoms with Gasteiger partial charge in [-0.3, -0.25) is 4.79 Å². The molecule has 0 saturated carbocycles. The molecule has 0 aromatic heterocycles. The summed E-state index contributed by atoms with van der Waals surface area (Å²) in [5.74, 6) is -0.0714. The summed E-state index contributed by atoms with van der Waals surface area (Å²) in [6.45, 7) is 4.18. The van der Waals surface area contributed by atoms with Crippen molar-refractivity contribution in [1.29, 1.82) is 0 Å². The van der Waals surface area contributed by atoms with E-state index in [1.54, 1.807) is 0 Å². The molecule has 2 atom stereocenters. The van der Waals surface area contributed by atoms with E-state index in [0.29, 0.717) is 31.2 Å². The van der Waals surface area contributed by atoms with Gasteiger partial charge in [0, 0.05) is 11.4 Å². The summed E-state index contributed by atoms with van der Waals surface area (Å²) < 4.78 is 10.4. The monoisotopic (exact) mass is 265 g/mol. The zero-order chi connectivity index (χ0) is 10.4. The van der Waals surface area contributed by atoms with Crippen LogP contribution in [0, 0.1) is 0 Å². The summed E-state index contributed by atoms with van der Waals surface area (Å²) in [5.41, 5.74) is 0. The van der Waals surface area contributed by atoms with Crippen LogP contribution in [-0.4, -0.2) is 43.2 Å². The molecule has 1 N–H and O–H groups in total. The minimum absolute atomic E-state index is 0.0714. The molecule has 0 aromatic rings. The van der Waals surface area contributed by atoms with Crippen molar-refractivity contribution in [1.82, 2.24) is 5.32 Å². The largest absolute Gasteiger partial charge is 0.376 e. The van der Waals surface area contributed by atoms with Crippen LogP contribution in [0.25, 0.3) is 0 Å². The van der Waals surface area contributed by atoms with E-state index in [9.17, 15) is 4.79 Å². The second kappa shape index (κ2) is 6.37. The first-order valence-electron chi connectivity index (χ1n) is 4.81. The average molecular weight is 266 g/mol. The Morgan fingerprint density at radius 3 is 3.00 bits per heavy atom. The highest BCUT2D eigenvalue weighted by molar-refractivity contribution is 9.09. The summed E-state index contributed by atoms with van der Waals surface area (Å²) in [4.78, 5) is 11.9. The van der Waals surface area contributed by atoms with E-state index in [0.717, 1.165) is 6.42 Å². The molecule has 1 aliphatic heterocycles. The number of halogens is 1. The Morgan fingerprint density at radius 2 is 2.43 bits per heavy atom. The van der Waals surface area contributed by atoms with E-state index in [4.69, 9.17) is 9.47 Å². The Kier molecular flexibility index (Phi) is 5.44. The summed E-state index contributed by atoms with van der Waals surface area (Å²) in [6.07, 6.45) is 0.494. The number of rotatable bonds is 4. The third-order valence-corrected chi connectivity index (χ3v) is 2.41. The minimum atomic E-state index is -0.422. The fourth-order valence-corrected chi connectivity index (χ4v) is 1.38. The van der Waals surface area contributed by atoms with Gasteiger partial charge in [0.25, 0.3) is 5.91 Å². The summed E-state index contributed by atoms with van der Waals surface area (Å²) in [5, 5.41) is 2.81. The second-order valence-electron chi connectivity index (χ2n) is 3.29. The van der Waals surface area contributed by atoms with Crippen LogP contribution in [-0.2, 0) is 14.3 Å². The van der Waals surface area contributed by atoms with Crippen molar-refractivity contribution in [2.24, 2.45) is 0 Å². The lowest BCUT2D eigenvalue weighted by molar-refractivity contribution is -0.147. The molecule has 0 radical (unpaired) electrons. The Balaban J connectivity index is 2.13. The van der Waals surface area contributed by atoms with Crippen molar-refractivity contribution >= 4 is 21.8 Å². The SMILES string of the molecule is CC(Br)CCNC(=O)C1COCCO1. The zero-order valence-corrected chi connectivity index (χ0v) is 9.88. The molecule has 2 unspecified atom stereocenters. The molecule has 1 aliphatic rings. The van der Waals surface area contributed by atoms with Crippen molar-refractivity contribution in [3.05, 3.63) is 0 Å². The zero-order valence-electron chi connectivity index (χ0n) is 8.29. The van der Waals surface area contributed by atoms with E-state index in [1.807, 2.05) is 6.92 Å². The van der Waals surface area contributed by atoms with E-state index in [2.05, 4.69) is 21.2 Å². The van der Waals surface area contributed by atoms with Gasteiger partial charge in [0.1, 0.15) is 0 Å². The van der Waals surface area contributed by atoms with Gasteiger partial charge >= 0.3 is 0 Å². The number of hydrogen-bond donors (Lipinski definition) is 1. The molecule has 0 bridgehead atoms. The molecule has 1 rings (SSSR count). The number of ether oxygens (including phenoxy) is 2. The number of amides is 1. The van der Waals surface area contributed by atoms with E-state index < -0.39 is 6.10 Å². The van der Waals surface area contributed by atoms with Crippen molar-refractivity contribution in [3.8, 4) is 0 Å². The molecular weight excluding hydrogens is 250 g/mol. The third-order valence-electron chi connectivity index (χ3n) is 1.95. The molecule has 1 amide bonds. The van der Waals surface area contributed by atoms with Crippen LogP contribution in [0.15, 0.2) is 0 Å². The van der Waals surface area contributed by atoms with Crippen LogP contribution < -0.4 is 5.32 Å². The summed E-state index contributed by atoms with van der Waals surface area (Å²) >= 11 is 3.41. The van der Waals surface area contributed by atoms with Crippen LogP contribution in [0.1, 0.15) is 13.3 Å². The number of hydrogen-bond acceptors (Lipinski definition) is 3. The van der Waals surface area contributed by atoms with Gasteiger partial charge < -0.3 is 14.8 Å². The predicted octanol–water partition coefficient (Wildman–Crippen LogP) is 0.691. The number of carbonyl (C=O) groups is 1. The molecule has 82 valence electrons. The molecule has 14 heavy (non-hydrogen) atoms. The fourth-order valence-electron chi connectivity index (χ4n) is 1.15. The van der Waals surface area contributed by atoms with Gasteiger partial charge in [0.05, 0.1) is 19.8 Å². The number of carbonyl (C=O) groups excluding carboxylic acids is 1. The first-order valence-corrected chi connectivity index (χ1v) is 5.73. The highest BCUT2D eigenvalue weighted by Crippen LogP contribution is 2.03. The normalized spacial score (nSPS) is 24.3. The van der Waals surface area contributed by atoms with Crippen LogP contribution in [0.5, 0.6) is 0 Å². The topological polar surface area (TPSA) is 47.6 Å². The maximum atomic E-state index is 11.4. The van der Waals surface area contributed by atoms with E-state index in [1.165, 1.54) is 0 Å². The Morgan fingerprint density at radius 1 is 1.64 bits per heavy atom. The summed E-state index contributed by atoms with van der Waals surface area (Å²) in [6, 6.07) is 0. The van der Waals surface area contributed by atoms with Gasteiger partial charge in [-0.15, -0.1) is 0 Å². The maximum absolute atomic E-state index is 11.4. The molecular formula is C9H16BrNO3. The fraction of sp³-hybridized carbons (Fsp3) is 0.889. The maximum Gasteiger partial charge on any atom is 0.251 e. The average Bonchev–Trinajstić information content (AvgIpc) is 2.18. The first-order chi connectivity index (χ1) is 6.70.